The van der Waals surface area contributed by atoms with Crippen LogP contribution < -0.4 is 10.0 Å². The summed E-state index contributed by atoms with van der Waals surface area (Å²) in [5, 5.41) is 2.93. The minimum Gasteiger partial charge on any atom is -0.381 e. The number of rotatable bonds is 9. The summed E-state index contributed by atoms with van der Waals surface area (Å²) in [5.41, 5.74) is 0.141. The molecule has 6 nitrogen and oxygen atoms in total. The molecular weight excluding hydrogens is 340 g/mol. The summed E-state index contributed by atoms with van der Waals surface area (Å²) < 4.78 is 31.2. The number of nitrogens with one attached hydrogen (secondary N) is 2. The van der Waals surface area contributed by atoms with E-state index in [1.54, 1.807) is 0 Å². The molecule has 1 aromatic rings. The van der Waals surface area contributed by atoms with Crippen LogP contribution in [0.3, 0.4) is 0 Å². The molecule has 2 rings (SSSR count). The van der Waals surface area contributed by atoms with Gasteiger partial charge in [0.25, 0.3) is 5.91 Å². The Balaban J connectivity index is 1.86. The molecule has 0 radical (unpaired) electrons. The average Bonchev–Trinajstić information content (AvgIpc) is 3.35. The molecule has 0 spiro atoms. The number of hydrogen-bond acceptors (Lipinski definition) is 4. The summed E-state index contributed by atoms with van der Waals surface area (Å²) in [6, 6.07) is 4.03. The fourth-order valence-corrected chi connectivity index (χ4v) is 2.93. The van der Waals surface area contributed by atoms with Gasteiger partial charge in [0.15, 0.2) is 0 Å². The predicted octanol–water partition coefficient (Wildman–Crippen LogP) is 1.79. The molecule has 0 unspecified atom stereocenters. The third-order valence-electron chi connectivity index (χ3n) is 3.56. The van der Waals surface area contributed by atoms with E-state index in [1.165, 1.54) is 38.1 Å². The van der Waals surface area contributed by atoms with Gasteiger partial charge in [-0.05, 0) is 50.4 Å². The van der Waals surface area contributed by atoms with E-state index >= 15 is 0 Å². The smallest absolute Gasteiger partial charge is 0.252 e. The molecule has 1 aliphatic rings. The zero-order valence-electron chi connectivity index (χ0n) is 13.0. The van der Waals surface area contributed by atoms with Crippen molar-refractivity contribution in [1.82, 2.24) is 10.0 Å². The minimum atomic E-state index is -3.61. The summed E-state index contributed by atoms with van der Waals surface area (Å²) >= 11 is 5.99. The molecule has 0 atom stereocenters. The van der Waals surface area contributed by atoms with Crippen molar-refractivity contribution >= 4 is 27.5 Å². The molecule has 2 N–H and O–H groups in total. The number of carbonyl (C=O) groups excluding carboxylic acids is 1. The summed E-state index contributed by atoms with van der Waals surface area (Å²) in [5.74, 6) is 0.325. The second-order valence-corrected chi connectivity index (χ2v) is 7.77. The van der Waals surface area contributed by atoms with Gasteiger partial charge < -0.3 is 10.1 Å². The van der Waals surface area contributed by atoms with Crippen LogP contribution in [0.5, 0.6) is 0 Å². The SMILES string of the molecule is CNS(=O)(=O)c1ccc(Cl)c(C(=O)NCCCOCC2CC2)c1. The van der Waals surface area contributed by atoms with Crippen molar-refractivity contribution < 1.29 is 17.9 Å². The Morgan fingerprint density at radius 1 is 1.39 bits per heavy atom. The molecule has 0 heterocycles. The quantitative estimate of drug-likeness (QED) is 0.657. The fraction of sp³-hybridized carbons (Fsp3) is 0.533. The molecule has 1 amide bonds. The van der Waals surface area contributed by atoms with Crippen molar-refractivity contribution in [3.63, 3.8) is 0 Å². The first-order valence-electron chi connectivity index (χ1n) is 7.53. The summed E-state index contributed by atoms with van der Waals surface area (Å²) in [7, 11) is -2.30. The molecular formula is C15H21ClN2O4S. The maximum atomic E-state index is 12.1. The third kappa shape index (κ3) is 5.46. The second-order valence-electron chi connectivity index (χ2n) is 5.48. The van der Waals surface area contributed by atoms with E-state index in [-0.39, 0.29) is 15.5 Å². The van der Waals surface area contributed by atoms with E-state index in [9.17, 15) is 13.2 Å². The molecule has 0 bridgehead atoms. The van der Waals surface area contributed by atoms with E-state index in [2.05, 4.69) is 10.0 Å². The molecule has 1 aliphatic carbocycles. The lowest BCUT2D eigenvalue weighted by atomic mass is 10.2. The standard InChI is InChI=1S/C15H21ClN2O4S/c1-17-23(20,21)12-5-6-14(16)13(9-12)15(19)18-7-2-8-22-10-11-3-4-11/h5-6,9,11,17H,2-4,7-8,10H2,1H3,(H,18,19). The van der Waals surface area contributed by atoms with Crippen molar-refractivity contribution in [2.75, 3.05) is 26.8 Å². The molecule has 128 valence electrons. The summed E-state index contributed by atoms with van der Waals surface area (Å²) in [6.07, 6.45) is 3.20. The van der Waals surface area contributed by atoms with Crippen LogP contribution >= 0.6 is 11.6 Å². The molecule has 0 aliphatic heterocycles. The fourth-order valence-electron chi connectivity index (χ4n) is 1.97. The molecule has 23 heavy (non-hydrogen) atoms. The monoisotopic (exact) mass is 360 g/mol. The summed E-state index contributed by atoms with van der Waals surface area (Å²) in [6.45, 7) is 1.84. The maximum Gasteiger partial charge on any atom is 0.252 e. The average molecular weight is 361 g/mol. The zero-order chi connectivity index (χ0) is 16.9. The first-order valence-corrected chi connectivity index (χ1v) is 9.39. The van der Waals surface area contributed by atoms with Gasteiger partial charge in [0.2, 0.25) is 10.0 Å². The van der Waals surface area contributed by atoms with Crippen molar-refractivity contribution in [3.8, 4) is 0 Å². The number of carbonyl (C=O) groups is 1. The van der Waals surface area contributed by atoms with E-state index in [0.29, 0.717) is 19.6 Å². The van der Waals surface area contributed by atoms with Crippen molar-refractivity contribution in [2.45, 2.75) is 24.2 Å². The Morgan fingerprint density at radius 3 is 2.78 bits per heavy atom. The van der Waals surface area contributed by atoms with Gasteiger partial charge in [-0.25, -0.2) is 13.1 Å². The number of amides is 1. The van der Waals surface area contributed by atoms with Crippen LogP contribution in [0.25, 0.3) is 0 Å². The van der Waals surface area contributed by atoms with Gasteiger partial charge in [-0.15, -0.1) is 0 Å². The highest BCUT2D eigenvalue weighted by Gasteiger charge is 2.21. The number of halogens is 1. The van der Waals surface area contributed by atoms with Gasteiger partial charge >= 0.3 is 0 Å². The number of hydrogen-bond donors (Lipinski definition) is 2. The number of sulfonamides is 1. The molecule has 1 fully saturated rings. The van der Waals surface area contributed by atoms with E-state index in [4.69, 9.17) is 16.3 Å². The Morgan fingerprint density at radius 2 is 2.13 bits per heavy atom. The van der Waals surface area contributed by atoms with Crippen LogP contribution in [-0.4, -0.2) is 41.1 Å². The lowest BCUT2D eigenvalue weighted by Gasteiger charge is -2.09. The van der Waals surface area contributed by atoms with Gasteiger partial charge in [0.1, 0.15) is 0 Å². The number of benzene rings is 1. The zero-order valence-corrected chi connectivity index (χ0v) is 14.5. The highest BCUT2D eigenvalue weighted by molar-refractivity contribution is 7.89. The normalized spacial score (nSPS) is 14.7. The van der Waals surface area contributed by atoms with Crippen LogP contribution in [0.15, 0.2) is 23.1 Å². The van der Waals surface area contributed by atoms with Crippen molar-refractivity contribution in [3.05, 3.63) is 28.8 Å². The van der Waals surface area contributed by atoms with Crippen LogP contribution in [0, 0.1) is 5.92 Å². The van der Waals surface area contributed by atoms with Crippen LogP contribution in [-0.2, 0) is 14.8 Å². The Hall–Kier alpha value is -1.15. The first kappa shape index (κ1) is 18.2. The van der Waals surface area contributed by atoms with Crippen LogP contribution in [0.1, 0.15) is 29.6 Å². The van der Waals surface area contributed by atoms with Gasteiger partial charge in [-0.1, -0.05) is 11.6 Å². The van der Waals surface area contributed by atoms with E-state index in [0.717, 1.165) is 12.5 Å². The van der Waals surface area contributed by atoms with Gasteiger partial charge in [-0.2, -0.15) is 0 Å². The van der Waals surface area contributed by atoms with Gasteiger partial charge in [0, 0.05) is 19.8 Å². The Bertz CT molecular complexity index is 659. The Labute approximate surface area is 141 Å². The first-order chi connectivity index (χ1) is 10.9. The molecule has 1 aromatic carbocycles. The van der Waals surface area contributed by atoms with Crippen molar-refractivity contribution in [2.24, 2.45) is 5.92 Å². The highest BCUT2D eigenvalue weighted by Crippen LogP contribution is 2.28. The third-order valence-corrected chi connectivity index (χ3v) is 5.30. The van der Waals surface area contributed by atoms with Crippen LogP contribution in [0.2, 0.25) is 5.02 Å². The van der Waals surface area contributed by atoms with Crippen molar-refractivity contribution in [1.29, 1.82) is 0 Å². The highest BCUT2D eigenvalue weighted by atomic mass is 35.5. The largest absolute Gasteiger partial charge is 0.381 e. The van der Waals surface area contributed by atoms with Crippen LogP contribution in [0.4, 0.5) is 0 Å². The predicted molar refractivity (Wildman–Crippen MR) is 88.2 cm³/mol. The van der Waals surface area contributed by atoms with Gasteiger partial charge in [0.05, 0.1) is 15.5 Å². The number of ether oxygens (including phenoxy) is 1. The second kappa shape index (κ2) is 8.10. The molecule has 0 aromatic heterocycles. The van der Waals surface area contributed by atoms with E-state index < -0.39 is 15.9 Å². The lowest BCUT2D eigenvalue weighted by molar-refractivity contribution is 0.0937. The minimum absolute atomic E-state index is 0.00215. The topological polar surface area (TPSA) is 84.5 Å². The molecule has 0 saturated heterocycles. The maximum absolute atomic E-state index is 12.1. The Kier molecular flexibility index (Phi) is 6.41. The molecule has 1 saturated carbocycles. The van der Waals surface area contributed by atoms with Gasteiger partial charge in [-0.3, -0.25) is 4.79 Å². The molecule has 8 heteroatoms. The summed E-state index contributed by atoms with van der Waals surface area (Å²) in [4.78, 5) is 12.1. The van der Waals surface area contributed by atoms with E-state index in [1.807, 2.05) is 0 Å². The lowest BCUT2D eigenvalue weighted by Crippen LogP contribution is -2.26.